The number of carbonyl (C=O) groups is 1. The van der Waals surface area contributed by atoms with Gasteiger partial charge in [-0.3, -0.25) is 0 Å². The Bertz CT molecular complexity index is 677. The van der Waals surface area contributed by atoms with Crippen molar-refractivity contribution in [3.63, 3.8) is 0 Å². The summed E-state index contributed by atoms with van der Waals surface area (Å²) in [6.07, 6.45) is -11.5. The second-order valence-corrected chi connectivity index (χ2v) is 5.82. The first-order chi connectivity index (χ1) is 12.7. The van der Waals surface area contributed by atoms with Crippen molar-refractivity contribution in [2.45, 2.75) is 61.7 Å². The third-order valence-corrected chi connectivity index (χ3v) is 3.49. The number of ether oxygens (including phenoxy) is 1. The number of hydrogen-bond donors (Lipinski definition) is 0. The summed E-state index contributed by atoms with van der Waals surface area (Å²) in [5.41, 5.74) is -0.811. The van der Waals surface area contributed by atoms with Crippen LogP contribution >= 0.6 is 0 Å². The summed E-state index contributed by atoms with van der Waals surface area (Å²) in [6.45, 7) is 3.17. The number of rotatable bonds is 8. The summed E-state index contributed by atoms with van der Waals surface area (Å²) < 4.78 is 198. The van der Waals surface area contributed by atoms with Crippen LogP contribution in [0.3, 0.4) is 0 Å². The quantitative estimate of drug-likeness (QED) is 0.246. The van der Waals surface area contributed by atoms with E-state index < -0.39 is 59.4 Å². The molecule has 0 amide bonds. The Morgan fingerprint density at radius 1 is 0.667 bits per heavy atom. The molecule has 0 spiro atoms. The molecule has 0 aromatic carbocycles. The lowest BCUT2D eigenvalue weighted by Crippen LogP contribution is -2.73. The molecule has 0 aliphatic carbocycles. The fourth-order valence-electron chi connectivity index (χ4n) is 1.57. The maximum Gasteiger partial charge on any atom is 0.460 e. The molecule has 1 unspecified atom stereocenters. The van der Waals surface area contributed by atoms with E-state index in [4.69, 9.17) is 0 Å². The van der Waals surface area contributed by atoms with Crippen LogP contribution in [-0.4, -0.2) is 53.8 Å². The molecule has 0 bridgehead atoms. The first-order valence-electron chi connectivity index (χ1n) is 6.95. The highest BCUT2D eigenvalue weighted by Gasteiger charge is 2.93. The molecular formula is C13H9F15O2. The summed E-state index contributed by atoms with van der Waals surface area (Å²) in [6, 6.07) is 0. The molecule has 0 rings (SSSR count). The third kappa shape index (κ3) is 3.78. The third-order valence-electron chi connectivity index (χ3n) is 3.49. The Morgan fingerprint density at radius 3 is 1.27 bits per heavy atom. The van der Waals surface area contributed by atoms with Gasteiger partial charge in [-0.1, -0.05) is 6.58 Å². The van der Waals surface area contributed by atoms with Crippen molar-refractivity contribution in [1.29, 1.82) is 0 Å². The maximum absolute atomic E-state index is 13.6. The van der Waals surface area contributed by atoms with Gasteiger partial charge in [-0.15, -0.1) is 0 Å². The Hall–Kier alpha value is -1.84. The van der Waals surface area contributed by atoms with Gasteiger partial charge in [0, 0.05) is 5.57 Å². The van der Waals surface area contributed by atoms with E-state index in [1.165, 1.54) is 0 Å². The van der Waals surface area contributed by atoms with Crippen LogP contribution in [0, 0.1) is 0 Å². The van der Waals surface area contributed by atoms with Crippen molar-refractivity contribution in [3.8, 4) is 0 Å². The van der Waals surface area contributed by atoms with Crippen molar-refractivity contribution >= 4 is 5.97 Å². The van der Waals surface area contributed by atoms with Gasteiger partial charge in [0.25, 0.3) is 0 Å². The molecule has 0 fully saturated rings. The van der Waals surface area contributed by atoms with Crippen LogP contribution in [0.15, 0.2) is 12.2 Å². The van der Waals surface area contributed by atoms with Crippen molar-refractivity contribution in [3.05, 3.63) is 12.2 Å². The van der Waals surface area contributed by atoms with Gasteiger partial charge in [0.1, 0.15) is 0 Å². The summed E-state index contributed by atoms with van der Waals surface area (Å²) in [7, 11) is 0. The Kier molecular flexibility index (Phi) is 6.93. The van der Waals surface area contributed by atoms with E-state index >= 15 is 0 Å². The average Bonchev–Trinajstić information content (AvgIpc) is 2.52. The molecule has 0 N–H and O–H groups in total. The topological polar surface area (TPSA) is 26.3 Å². The highest BCUT2D eigenvalue weighted by atomic mass is 19.4. The molecule has 17 heteroatoms. The first kappa shape index (κ1) is 28.2. The van der Waals surface area contributed by atoms with E-state index in [2.05, 4.69) is 11.3 Å². The average molecular weight is 482 g/mol. The minimum Gasteiger partial charge on any atom is -0.453 e. The predicted molar refractivity (Wildman–Crippen MR) is 66.1 cm³/mol. The second-order valence-electron chi connectivity index (χ2n) is 5.82. The summed E-state index contributed by atoms with van der Waals surface area (Å²) in [5, 5.41) is 0. The van der Waals surface area contributed by atoms with E-state index in [-0.39, 0.29) is 6.92 Å². The lowest BCUT2D eigenvalue weighted by atomic mass is 9.89. The molecule has 0 aliphatic rings. The molecule has 0 aromatic heterocycles. The van der Waals surface area contributed by atoms with E-state index in [0.29, 0.717) is 6.92 Å². The van der Waals surface area contributed by atoms with E-state index in [9.17, 15) is 70.7 Å². The van der Waals surface area contributed by atoms with E-state index in [1.807, 2.05) is 0 Å². The molecule has 0 saturated carbocycles. The lowest BCUT2D eigenvalue weighted by Gasteiger charge is -2.42. The van der Waals surface area contributed by atoms with Gasteiger partial charge in [-0.2, -0.15) is 65.9 Å². The molecular weight excluding hydrogens is 473 g/mol. The standard InChI is InChI=1S/C13H9F15O2/c1-4(2)6(29)30-5(3)7(14,15)8(16,17)9(18,19)10(20,21)11(22,23)12(24,25)13(26,27)28/h5H,1H2,2-3H3. The lowest BCUT2D eigenvalue weighted by molar-refractivity contribution is -0.455. The molecule has 0 aromatic rings. The molecule has 0 radical (unpaired) electrons. The predicted octanol–water partition coefficient (Wildman–Crippen LogP) is 5.87. The summed E-state index contributed by atoms with van der Waals surface area (Å²) in [5.74, 6) is -49.3. The highest BCUT2D eigenvalue weighted by molar-refractivity contribution is 5.87. The molecule has 2 nitrogen and oxygen atoms in total. The second kappa shape index (κ2) is 7.39. The van der Waals surface area contributed by atoms with Crippen molar-refractivity contribution in [1.82, 2.24) is 0 Å². The Balaban J connectivity index is 6.48. The van der Waals surface area contributed by atoms with Crippen LogP contribution in [0.25, 0.3) is 0 Å². The Labute approximate surface area is 156 Å². The number of alkyl halides is 15. The Morgan fingerprint density at radius 2 is 0.967 bits per heavy atom. The van der Waals surface area contributed by atoms with Gasteiger partial charge >= 0.3 is 47.7 Å². The van der Waals surface area contributed by atoms with Gasteiger partial charge in [0.05, 0.1) is 0 Å². The molecule has 0 heterocycles. The normalized spacial score (nSPS) is 16.3. The fraction of sp³-hybridized carbons (Fsp3) is 0.769. The van der Waals surface area contributed by atoms with Crippen molar-refractivity contribution in [2.24, 2.45) is 0 Å². The van der Waals surface area contributed by atoms with Crippen molar-refractivity contribution < 1.29 is 75.4 Å². The smallest absolute Gasteiger partial charge is 0.453 e. The highest BCUT2D eigenvalue weighted by Crippen LogP contribution is 2.62. The maximum atomic E-state index is 13.6. The molecule has 178 valence electrons. The van der Waals surface area contributed by atoms with Gasteiger partial charge in [-0.05, 0) is 13.8 Å². The minimum atomic E-state index is -8.38. The molecule has 0 saturated heterocycles. The largest absolute Gasteiger partial charge is 0.460 e. The van der Waals surface area contributed by atoms with Gasteiger partial charge in [0.2, 0.25) is 0 Å². The van der Waals surface area contributed by atoms with Crippen LogP contribution in [0.2, 0.25) is 0 Å². The van der Waals surface area contributed by atoms with Gasteiger partial charge in [0.15, 0.2) is 6.10 Å². The SMILES string of the molecule is C=C(C)C(=O)OC(C)C(F)(F)C(F)(F)C(F)(F)C(F)(F)C(F)(F)C(F)(F)C(F)(F)F. The zero-order valence-electron chi connectivity index (χ0n) is 14.3. The molecule has 0 aliphatic heterocycles. The van der Waals surface area contributed by atoms with E-state index in [1.54, 1.807) is 0 Å². The number of halogens is 15. The van der Waals surface area contributed by atoms with E-state index in [0.717, 1.165) is 0 Å². The van der Waals surface area contributed by atoms with Crippen molar-refractivity contribution in [2.75, 3.05) is 0 Å². The van der Waals surface area contributed by atoms with Crippen LogP contribution in [0.4, 0.5) is 65.9 Å². The van der Waals surface area contributed by atoms with Gasteiger partial charge in [-0.25, -0.2) is 4.79 Å². The number of carbonyl (C=O) groups excluding carboxylic acids is 1. The van der Waals surface area contributed by atoms with Gasteiger partial charge < -0.3 is 4.74 Å². The fourth-order valence-corrected chi connectivity index (χ4v) is 1.57. The van der Waals surface area contributed by atoms with Crippen LogP contribution in [-0.2, 0) is 9.53 Å². The molecule has 30 heavy (non-hydrogen) atoms. The monoisotopic (exact) mass is 482 g/mol. The zero-order chi connectivity index (χ0) is 24.9. The van der Waals surface area contributed by atoms with Crippen LogP contribution in [0.5, 0.6) is 0 Å². The molecule has 1 atom stereocenters. The van der Waals surface area contributed by atoms with Crippen LogP contribution in [0.1, 0.15) is 13.8 Å². The minimum absolute atomic E-state index is 0.300. The zero-order valence-corrected chi connectivity index (χ0v) is 14.3. The number of hydrogen-bond acceptors (Lipinski definition) is 2. The number of esters is 1. The van der Waals surface area contributed by atoms with Crippen LogP contribution < -0.4 is 0 Å². The first-order valence-corrected chi connectivity index (χ1v) is 6.95. The summed E-state index contributed by atoms with van der Waals surface area (Å²) >= 11 is 0. The summed E-state index contributed by atoms with van der Waals surface area (Å²) in [4.78, 5) is 11.0.